The number of diazo groups is 1. The molecule has 0 aliphatic carbocycles. The predicted octanol–water partition coefficient (Wildman–Crippen LogP) is 2.78. The van der Waals surface area contributed by atoms with Gasteiger partial charge in [-0.05, 0) is 6.07 Å². The normalized spacial score (nSPS) is 9.73. The van der Waals surface area contributed by atoms with Gasteiger partial charge < -0.3 is 0 Å². The molecule has 0 aliphatic heterocycles. The molecule has 0 fully saturated rings. The highest BCUT2D eigenvalue weighted by molar-refractivity contribution is 7.16. The van der Waals surface area contributed by atoms with Crippen molar-refractivity contribution in [1.82, 2.24) is 4.98 Å². The summed E-state index contributed by atoms with van der Waals surface area (Å²) in [5.41, 5.74) is 3.29. The Labute approximate surface area is 66.9 Å². The van der Waals surface area contributed by atoms with Crippen LogP contribution in [0.5, 0.6) is 0 Å². The molecule has 52 valence electrons. The maximum absolute atomic E-state index is 8.44. The molecule has 0 saturated carbocycles. The quantitative estimate of drug-likeness (QED) is 0.559. The summed E-state index contributed by atoms with van der Waals surface area (Å²) in [6, 6.07) is 5.36. The van der Waals surface area contributed by atoms with E-state index in [2.05, 4.69) is 9.96 Å². The van der Waals surface area contributed by atoms with Gasteiger partial charge in [0, 0.05) is 6.07 Å². The Morgan fingerprint density at radius 3 is 3.18 bits per heavy atom. The molecule has 1 heterocycles. The van der Waals surface area contributed by atoms with Crippen LogP contribution in [0, 0.1) is 5.39 Å². The highest BCUT2D eigenvalue weighted by Gasteiger charge is 2.05. The first-order chi connectivity index (χ1) is 5.40. The Hall–Kier alpha value is -1.47. The van der Waals surface area contributed by atoms with E-state index in [0.717, 1.165) is 10.2 Å². The number of hydrogen-bond acceptors (Lipinski definition) is 3. The van der Waals surface area contributed by atoms with E-state index >= 15 is 0 Å². The maximum atomic E-state index is 8.44. The Morgan fingerprint density at radius 1 is 1.45 bits per heavy atom. The van der Waals surface area contributed by atoms with E-state index in [1.54, 1.807) is 17.6 Å². The van der Waals surface area contributed by atoms with E-state index < -0.39 is 0 Å². The van der Waals surface area contributed by atoms with Crippen molar-refractivity contribution in [3.63, 3.8) is 0 Å². The minimum Gasteiger partial charge on any atom is -0.245 e. The van der Waals surface area contributed by atoms with Crippen molar-refractivity contribution >= 4 is 27.2 Å². The number of thiazole rings is 1. The molecule has 11 heavy (non-hydrogen) atoms. The van der Waals surface area contributed by atoms with Gasteiger partial charge >= 0.3 is 5.69 Å². The standard InChI is InChI=1S/C7H4N3S/c8-10-5-1-2-6-7(3-5)11-4-9-6/h1-4H/q+1. The number of aromatic nitrogens is 1. The molecule has 0 bridgehead atoms. The van der Waals surface area contributed by atoms with Crippen LogP contribution in [0.1, 0.15) is 0 Å². The summed E-state index contributed by atoms with van der Waals surface area (Å²) in [6.07, 6.45) is 0. The summed E-state index contributed by atoms with van der Waals surface area (Å²) in [6.45, 7) is 0. The van der Waals surface area contributed by atoms with E-state index in [1.807, 2.05) is 6.07 Å². The van der Waals surface area contributed by atoms with Crippen LogP contribution >= 0.6 is 11.3 Å². The largest absolute Gasteiger partial charge is 0.386 e. The second kappa shape index (κ2) is 2.29. The number of nitrogens with zero attached hydrogens (tertiary/aromatic N) is 3. The average molecular weight is 162 g/mol. The van der Waals surface area contributed by atoms with Crippen LogP contribution in [-0.4, -0.2) is 4.98 Å². The minimum absolute atomic E-state index is 0.571. The average Bonchev–Trinajstić information content (AvgIpc) is 2.50. The van der Waals surface area contributed by atoms with E-state index in [-0.39, 0.29) is 0 Å². The van der Waals surface area contributed by atoms with Crippen LogP contribution in [0.25, 0.3) is 15.2 Å². The molecule has 3 nitrogen and oxygen atoms in total. The first-order valence-electron chi connectivity index (χ1n) is 3.08. The molecule has 4 heteroatoms. The zero-order valence-corrected chi connectivity index (χ0v) is 6.38. The molecule has 0 aliphatic rings. The van der Waals surface area contributed by atoms with Crippen LogP contribution in [0.3, 0.4) is 0 Å². The van der Waals surface area contributed by atoms with Crippen molar-refractivity contribution in [2.75, 3.05) is 0 Å². The van der Waals surface area contributed by atoms with Crippen LogP contribution in [0.4, 0.5) is 5.69 Å². The van der Waals surface area contributed by atoms with E-state index in [1.165, 1.54) is 11.3 Å². The lowest BCUT2D eigenvalue weighted by Gasteiger charge is -1.79. The zero-order valence-electron chi connectivity index (χ0n) is 5.56. The third-order valence-corrected chi connectivity index (χ3v) is 2.22. The van der Waals surface area contributed by atoms with Gasteiger partial charge in [-0.2, -0.15) is 0 Å². The molecular formula is C7H4N3S+. The molecule has 0 saturated heterocycles. The Kier molecular flexibility index (Phi) is 1.30. The van der Waals surface area contributed by atoms with Gasteiger partial charge in [0.1, 0.15) is 0 Å². The molecule has 0 atom stereocenters. The van der Waals surface area contributed by atoms with Crippen molar-refractivity contribution < 1.29 is 0 Å². The number of benzene rings is 1. The summed E-state index contributed by atoms with van der Waals surface area (Å²) in [4.78, 5) is 7.17. The SMILES string of the molecule is N#[N+]c1ccc2ncsc2c1. The number of hydrogen-bond donors (Lipinski definition) is 0. The van der Waals surface area contributed by atoms with Crippen LogP contribution in [0.2, 0.25) is 0 Å². The third-order valence-electron chi connectivity index (χ3n) is 1.43. The van der Waals surface area contributed by atoms with Crippen molar-refractivity contribution in [3.8, 4) is 0 Å². The van der Waals surface area contributed by atoms with Gasteiger partial charge in [0.25, 0.3) is 0 Å². The fraction of sp³-hybridized carbons (Fsp3) is 0. The molecule has 0 spiro atoms. The second-order valence-electron chi connectivity index (χ2n) is 2.10. The fourth-order valence-corrected chi connectivity index (χ4v) is 1.62. The van der Waals surface area contributed by atoms with Gasteiger partial charge in [-0.1, -0.05) is 0 Å². The van der Waals surface area contributed by atoms with Crippen molar-refractivity contribution in [3.05, 3.63) is 28.7 Å². The van der Waals surface area contributed by atoms with Crippen LogP contribution in [0.15, 0.2) is 23.7 Å². The lowest BCUT2D eigenvalue weighted by Crippen LogP contribution is -1.64. The first kappa shape index (κ1) is 6.25. The Bertz CT molecular complexity index is 426. The Balaban J connectivity index is 2.79. The molecule has 0 N–H and O–H groups in total. The second-order valence-corrected chi connectivity index (χ2v) is 2.99. The smallest absolute Gasteiger partial charge is 0.245 e. The molecule has 0 radical (unpaired) electrons. The molecular weight excluding hydrogens is 158 g/mol. The summed E-state index contributed by atoms with van der Waals surface area (Å²) >= 11 is 1.53. The lowest BCUT2D eigenvalue weighted by atomic mass is 10.3. The van der Waals surface area contributed by atoms with Crippen molar-refractivity contribution in [2.45, 2.75) is 0 Å². The van der Waals surface area contributed by atoms with E-state index in [0.29, 0.717) is 5.69 Å². The fourth-order valence-electron chi connectivity index (χ4n) is 0.906. The van der Waals surface area contributed by atoms with Gasteiger partial charge in [-0.3, -0.25) is 0 Å². The zero-order chi connectivity index (χ0) is 7.68. The minimum atomic E-state index is 0.571. The molecule has 2 rings (SSSR count). The third kappa shape index (κ3) is 0.954. The molecule has 0 unspecified atom stereocenters. The van der Waals surface area contributed by atoms with Gasteiger partial charge in [0.15, 0.2) is 4.98 Å². The highest BCUT2D eigenvalue weighted by Crippen LogP contribution is 2.23. The summed E-state index contributed by atoms with van der Waals surface area (Å²) in [5.74, 6) is 0. The number of rotatable bonds is 0. The summed E-state index contributed by atoms with van der Waals surface area (Å²) in [7, 11) is 0. The van der Waals surface area contributed by atoms with Gasteiger partial charge in [-0.15, -0.1) is 11.3 Å². The van der Waals surface area contributed by atoms with Gasteiger partial charge in [-0.25, -0.2) is 4.98 Å². The molecule has 1 aromatic carbocycles. The topological polar surface area (TPSA) is 41.0 Å². The van der Waals surface area contributed by atoms with Crippen LogP contribution < -0.4 is 0 Å². The predicted molar refractivity (Wildman–Crippen MR) is 44.4 cm³/mol. The molecule has 2 aromatic rings. The summed E-state index contributed by atoms with van der Waals surface area (Å²) in [5, 5.41) is 8.44. The lowest BCUT2D eigenvalue weighted by molar-refractivity contribution is 1.46. The monoisotopic (exact) mass is 162 g/mol. The molecule has 1 aromatic heterocycles. The first-order valence-corrected chi connectivity index (χ1v) is 3.96. The van der Waals surface area contributed by atoms with Gasteiger partial charge in [0.05, 0.1) is 21.8 Å². The highest BCUT2D eigenvalue weighted by atomic mass is 32.1. The summed E-state index contributed by atoms with van der Waals surface area (Å²) < 4.78 is 1.04. The maximum Gasteiger partial charge on any atom is 0.386 e. The van der Waals surface area contributed by atoms with E-state index in [4.69, 9.17) is 5.39 Å². The van der Waals surface area contributed by atoms with Gasteiger partial charge in [0.2, 0.25) is 5.39 Å². The molecule has 0 amide bonds. The van der Waals surface area contributed by atoms with E-state index in [9.17, 15) is 0 Å². The van der Waals surface area contributed by atoms with Crippen molar-refractivity contribution in [2.24, 2.45) is 0 Å². The Morgan fingerprint density at radius 2 is 2.36 bits per heavy atom. The number of fused-ring (bicyclic) bond motifs is 1. The van der Waals surface area contributed by atoms with Crippen molar-refractivity contribution in [1.29, 1.82) is 5.39 Å². The van der Waals surface area contributed by atoms with Crippen LogP contribution in [-0.2, 0) is 0 Å².